The molecule has 2 fully saturated rings. The standard InChI is InChI=1S/C30H39N7O5/c1-19(2)22-16-26(35-29(34-22)28-31-9-10-32-28)36-11-12-37(30(39)24-6-5-13-42-24)21(18-36)15-27(38)33-17-20-7-8-23(40-3)25(14-20)41-4/h7-10,14,16,19,21,24H,5-6,11-13,15,17-18H2,1-4H3,(H,31,32)(H,33,38). The number of piperazine rings is 1. The summed E-state index contributed by atoms with van der Waals surface area (Å²) in [6.07, 6.45) is 4.68. The zero-order valence-corrected chi connectivity index (χ0v) is 24.6. The second-order valence-electron chi connectivity index (χ2n) is 10.9. The molecule has 2 saturated heterocycles. The second-order valence-corrected chi connectivity index (χ2v) is 10.9. The van der Waals surface area contributed by atoms with Gasteiger partial charge in [0.1, 0.15) is 11.9 Å². The molecule has 0 radical (unpaired) electrons. The summed E-state index contributed by atoms with van der Waals surface area (Å²) in [6.45, 7) is 6.57. The second kappa shape index (κ2) is 13.2. The lowest BCUT2D eigenvalue weighted by atomic mass is 10.0. The SMILES string of the molecule is COc1ccc(CNC(=O)CC2CN(c3cc(C(C)C)nc(-c4ncc[nH]4)n3)CCN2C(=O)C2CCCO2)cc1OC. The van der Waals surface area contributed by atoms with Crippen LogP contribution in [0.2, 0.25) is 0 Å². The van der Waals surface area contributed by atoms with Gasteiger partial charge in [0.05, 0.1) is 20.3 Å². The number of amides is 2. The van der Waals surface area contributed by atoms with Gasteiger partial charge >= 0.3 is 0 Å². The smallest absolute Gasteiger partial charge is 0.252 e. The molecule has 2 aromatic heterocycles. The average molecular weight is 578 g/mol. The predicted molar refractivity (Wildman–Crippen MR) is 156 cm³/mol. The molecular weight excluding hydrogens is 538 g/mol. The number of ether oxygens (including phenoxy) is 3. The van der Waals surface area contributed by atoms with E-state index in [0.29, 0.717) is 62.4 Å². The molecule has 5 rings (SSSR count). The van der Waals surface area contributed by atoms with E-state index in [-0.39, 0.29) is 30.2 Å². The molecule has 0 aliphatic carbocycles. The fourth-order valence-electron chi connectivity index (χ4n) is 5.37. The van der Waals surface area contributed by atoms with E-state index >= 15 is 0 Å². The van der Waals surface area contributed by atoms with Gasteiger partial charge in [-0.15, -0.1) is 0 Å². The molecule has 42 heavy (non-hydrogen) atoms. The minimum absolute atomic E-state index is 0.0494. The molecule has 12 nitrogen and oxygen atoms in total. The van der Waals surface area contributed by atoms with Gasteiger partial charge in [0, 0.05) is 63.4 Å². The van der Waals surface area contributed by atoms with Crippen molar-refractivity contribution in [3.05, 3.63) is 47.9 Å². The normalized spacial score (nSPS) is 18.8. The summed E-state index contributed by atoms with van der Waals surface area (Å²) in [5.41, 5.74) is 1.78. The number of hydrogen-bond donors (Lipinski definition) is 2. The summed E-state index contributed by atoms with van der Waals surface area (Å²) in [4.78, 5) is 47.7. The number of methoxy groups -OCH3 is 2. The Kier molecular flexibility index (Phi) is 9.21. The zero-order chi connectivity index (χ0) is 29.6. The predicted octanol–water partition coefficient (Wildman–Crippen LogP) is 2.91. The maximum absolute atomic E-state index is 13.5. The molecule has 2 unspecified atom stereocenters. The lowest BCUT2D eigenvalue weighted by Crippen LogP contribution is -2.58. The van der Waals surface area contributed by atoms with Gasteiger partial charge in [0.25, 0.3) is 5.91 Å². The van der Waals surface area contributed by atoms with Gasteiger partial charge in [-0.2, -0.15) is 0 Å². The highest BCUT2D eigenvalue weighted by molar-refractivity contribution is 5.83. The van der Waals surface area contributed by atoms with E-state index in [4.69, 9.17) is 24.2 Å². The van der Waals surface area contributed by atoms with E-state index in [1.54, 1.807) is 26.6 Å². The number of nitrogens with zero attached hydrogens (tertiary/aromatic N) is 5. The van der Waals surface area contributed by atoms with Crippen molar-refractivity contribution in [2.75, 3.05) is 45.4 Å². The van der Waals surface area contributed by atoms with E-state index < -0.39 is 6.10 Å². The number of aromatic nitrogens is 4. The van der Waals surface area contributed by atoms with Gasteiger partial charge in [-0.3, -0.25) is 9.59 Å². The summed E-state index contributed by atoms with van der Waals surface area (Å²) >= 11 is 0. The number of hydrogen-bond acceptors (Lipinski definition) is 9. The highest BCUT2D eigenvalue weighted by atomic mass is 16.5. The summed E-state index contributed by atoms with van der Waals surface area (Å²) in [6, 6.07) is 7.17. The van der Waals surface area contributed by atoms with Crippen LogP contribution in [-0.4, -0.2) is 89.3 Å². The van der Waals surface area contributed by atoms with E-state index in [0.717, 1.165) is 23.5 Å². The lowest BCUT2D eigenvalue weighted by molar-refractivity contribution is -0.144. The minimum atomic E-state index is -0.453. The van der Waals surface area contributed by atoms with Crippen LogP contribution in [0, 0.1) is 0 Å². The van der Waals surface area contributed by atoms with Crippen molar-refractivity contribution >= 4 is 17.6 Å². The van der Waals surface area contributed by atoms with Crippen LogP contribution in [0.3, 0.4) is 0 Å². The summed E-state index contributed by atoms with van der Waals surface area (Å²) < 4.78 is 16.4. The Morgan fingerprint density at radius 3 is 2.67 bits per heavy atom. The minimum Gasteiger partial charge on any atom is -0.493 e. The van der Waals surface area contributed by atoms with Crippen LogP contribution in [0.25, 0.3) is 11.6 Å². The third kappa shape index (κ3) is 6.64. The maximum Gasteiger partial charge on any atom is 0.252 e. The van der Waals surface area contributed by atoms with Gasteiger partial charge in [0.15, 0.2) is 23.1 Å². The molecule has 12 heteroatoms. The summed E-state index contributed by atoms with van der Waals surface area (Å²) in [5.74, 6) is 3.07. The number of carbonyl (C=O) groups excluding carboxylic acids is 2. The monoisotopic (exact) mass is 577 g/mol. The van der Waals surface area contributed by atoms with Crippen LogP contribution in [0.4, 0.5) is 5.82 Å². The van der Waals surface area contributed by atoms with Crippen molar-refractivity contribution < 1.29 is 23.8 Å². The quantitative estimate of drug-likeness (QED) is 0.373. The Hall–Kier alpha value is -4.19. The van der Waals surface area contributed by atoms with Gasteiger partial charge in [0.2, 0.25) is 5.91 Å². The van der Waals surface area contributed by atoms with Gasteiger partial charge in [-0.1, -0.05) is 19.9 Å². The van der Waals surface area contributed by atoms with E-state index in [2.05, 4.69) is 34.0 Å². The van der Waals surface area contributed by atoms with Crippen molar-refractivity contribution in [1.29, 1.82) is 0 Å². The van der Waals surface area contributed by atoms with Crippen LogP contribution >= 0.6 is 0 Å². The van der Waals surface area contributed by atoms with Crippen molar-refractivity contribution in [3.63, 3.8) is 0 Å². The van der Waals surface area contributed by atoms with E-state index in [1.165, 1.54) is 0 Å². The fraction of sp³-hybridized carbons (Fsp3) is 0.500. The van der Waals surface area contributed by atoms with Gasteiger partial charge in [-0.25, -0.2) is 15.0 Å². The molecule has 3 aromatic rings. The average Bonchev–Trinajstić information content (AvgIpc) is 3.75. The number of nitrogens with one attached hydrogen (secondary N) is 2. The number of rotatable bonds is 10. The largest absolute Gasteiger partial charge is 0.493 e. The first-order valence-corrected chi connectivity index (χ1v) is 14.4. The first kappa shape index (κ1) is 29.3. The number of imidazole rings is 1. The van der Waals surface area contributed by atoms with Crippen molar-refractivity contribution in [2.45, 2.75) is 57.7 Å². The van der Waals surface area contributed by atoms with Crippen molar-refractivity contribution in [1.82, 2.24) is 30.2 Å². The van der Waals surface area contributed by atoms with E-state index in [1.807, 2.05) is 29.2 Å². The highest BCUT2D eigenvalue weighted by Crippen LogP contribution is 2.28. The fourth-order valence-corrected chi connectivity index (χ4v) is 5.37. The van der Waals surface area contributed by atoms with Gasteiger partial charge < -0.3 is 34.3 Å². The van der Waals surface area contributed by atoms with Crippen LogP contribution < -0.4 is 19.7 Å². The Bertz CT molecular complexity index is 1370. The lowest BCUT2D eigenvalue weighted by Gasteiger charge is -2.42. The van der Waals surface area contributed by atoms with Crippen molar-refractivity contribution in [2.24, 2.45) is 0 Å². The van der Waals surface area contributed by atoms with Crippen LogP contribution in [0.15, 0.2) is 36.7 Å². The molecule has 0 bridgehead atoms. The first-order chi connectivity index (χ1) is 20.4. The Balaban J connectivity index is 1.34. The maximum atomic E-state index is 13.5. The van der Waals surface area contributed by atoms with Crippen LogP contribution in [0.5, 0.6) is 11.5 Å². The Labute approximate surface area is 245 Å². The third-order valence-electron chi connectivity index (χ3n) is 7.69. The molecule has 224 valence electrons. The summed E-state index contributed by atoms with van der Waals surface area (Å²) in [5, 5.41) is 3.01. The van der Waals surface area contributed by atoms with Crippen LogP contribution in [0.1, 0.15) is 50.3 Å². The molecule has 2 atom stereocenters. The van der Waals surface area contributed by atoms with Crippen molar-refractivity contribution in [3.8, 4) is 23.1 Å². The highest BCUT2D eigenvalue weighted by Gasteiger charge is 2.37. The van der Waals surface area contributed by atoms with Crippen LogP contribution in [-0.2, 0) is 20.9 Å². The zero-order valence-electron chi connectivity index (χ0n) is 24.6. The molecule has 4 heterocycles. The molecule has 0 saturated carbocycles. The summed E-state index contributed by atoms with van der Waals surface area (Å²) in [7, 11) is 3.16. The number of anilines is 1. The number of benzene rings is 1. The first-order valence-electron chi connectivity index (χ1n) is 14.4. The van der Waals surface area contributed by atoms with E-state index in [9.17, 15) is 9.59 Å². The molecule has 1 aromatic carbocycles. The molecule has 2 N–H and O–H groups in total. The molecular formula is C30H39N7O5. The number of carbonyl (C=O) groups is 2. The molecule has 2 aliphatic heterocycles. The number of H-pyrrole nitrogens is 1. The third-order valence-corrected chi connectivity index (χ3v) is 7.69. The molecule has 2 amide bonds. The Morgan fingerprint density at radius 1 is 1.14 bits per heavy atom. The topological polar surface area (TPSA) is 135 Å². The number of aromatic amines is 1. The molecule has 0 spiro atoms. The molecule has 2 aliphatic rings. The Morgan fingerprint density at radius 2 is 1.98 bits per heavy atom. The van der Waals surface area contributed by atoms with Gasteiger partial charge in [-0.05, 0) is 36.5 Å².